The molecule has 2 amide bonds. The molecule has 0 fully saturated rings. The van der Waals surface area contributed by atoms with E-state index in [1.165, 1.54) is 0 Å². The Kier molecular flexibility index (Phi) is 6.63. The van der Waals surface area contributed by atoms with Gasteiger partial charge in [-0.05, 0) is 48.5 Å². The quantitative estimate of drug-likeness (QED) is 0.762. The summed E-state index contributed by atoms with van der Waals surface area (Å²) in [5.41, 5.74) is 7.86. The SMILES string of the molecule is CC.CNC(=O)c1ccc(NC(=O)c2ccc(N)cc2)cc1. The van der Waals surface area contributed by atoms with E-state index in [9.17, 15) is 9.59 Å². The van der Waals surface area contributed by atoms with E-state index in [1.807, 2.05) is 13.8 Å². The molecule has 0 aliphatic heterocycles. The minimum atomic E-state index is -0.224. The molecule has 0 bridgehead atoms. The van der Waals surface area contributed by atoms with Crippen LogP contribution < -0.4 is 16.4 Å². The lowest BCUT2D eigenvalue weighted by molar-refractivity contribution is 0.0962. The van der Waals surface area contributed by atoms with Crippen LogP contribution in [-0.4, -0.2) is 18.9 Å². The highest BCUT2D eigenvalue weighted by Gasteiger charge is 2.07. The number of carbonyl (C=O) groups is 2. The van der Waals surface area contributed by atoms with Crippen LogP contribution in [0.4, 0.5) is 11.4 Å². The van der Waals surface area contributed by atoms with Gasteiger partial charge in [0.25, 0.3) is 11.8 Å². The molecule has 2 aromatic carbocycles. The van der Waals surface area contributed by atoms with Gasteiger partial charge in [-0.25, -0.2) is 0 Å². The third-order valence-electron chi connectivity index (χ3n) is 2.80. The Morgan fingerprint density at radius 3 is 1.77 bits per heavy atom. The Balaban J connectivity index is 0.00000116. The number of nitrogens with two attached hydrogens (primary N) is 1. The minimum Gasteiger partial charge on any atom is -0.399 e. The number of carbonyl (C=O) groups excluding carboxylic acids is 2. The van der Waals surface area contributed by atoms with Crippen molar-refractivity contribution < 1.29 is 9.59 Å². The van der Waals surface area contributed by atoms with Gasteiger partial charge in [0.15, 0.2) is 0 Å². The first-order valence-corrected chi connectivity index (χ1v) is 7.09. The minimum absolute atomic E-state index is 0.165. The van der Waals surface area contributed by atoms with Gasteiger partial charge in [0.2, 0.25) is 0 Å². The number of benzene rings is 2. The second kappa shape index (κ2) is 8.46. The van der Waals surface area contributed by atoms with Crippen molar-refractivity contribution >= 4 is 23.2 Å². The molecule has 0 heterocycles. The van der Waals surface area contributed by atoms with Crippen LogP contribution in [0.1, 0.15) is 34.6 Å². The van der Waals surface area contributed by atoms with Crippen molar-refractivity contribution in [3.63, 3.8) is 0 Å². The van der Waals surface area contributed by atoms with E-state index in [4.69, 9.17) is 5.73 Å². The average molecular weight is 299 g/mol. The highest BCUT2D eigenvalue weighted by atomic mass is 16.2. The molecule has 22 heavy (non-hydrogen) atoms. The van der Waals surface area contributed by atoms with Gasteiger partial charge in [-0.3, -0.25) is 9.59 Å². The Hall–Kier alpha value is -2.82. The number of nitrogens with one attached hydrogen (secondary N) is 2. The molecule has 116 valence electrons. The fourth-order valence-electron chi connectivity index (χ4n) is 1.69. The van der Waals surface area contributed by atoms with Crippen molar-refractivity contribution in [2.45, 2.75) is 13.8 Å². The number of hydrogen-bond donors (Lipinski definition) is 3. The molecule has 0 spiro atoms. The summed E-state index contributed by atoms with van der Waals surface area (Å²) < 4.78 is 0. The van der Waals surface area contributed by atoms with Crippen molar-refractivity contribution in [1.29, 1.82) is 0 Å². The van der Waals surface area contributed by atoms with Crippen LogP contribution in [0.2, 0.25) is 0 Å². The Bertz CT molecular complexity index is 619. The lowest BCUT2D eigenvalue weighted by Gasteiger charge is -2.06. The van der Waals surface area contributed by atoms with Gasteiger partial charge in [-0.2, -0.15) is 0 Å². The van der Waals surface area contributed by atoms with Crippen LogP contribution in [0.5, 0.6) is 0 Å². The summed E-state index contributed by atoms with van der Waals surface area (Å²) in [6.07, 6.45) is 0. The number of anilines is 2. The second-order valence-electron chi connectivity index (χ2n) is 4.23. The molecular weight excluding hydrogens is 278 g/mol. The molecule has 0 saturated carbocycles. The summed E-state index contributed by atoms with van der Waals surface area (Å²) in [7, 11) is 1.57. The van der Waals surface area contributed by atoms with Gasteiger partial charge < -0.3 is 16.4 Å². The lowest BCUT2D eigenvalue weighted by Crippen LogP contribution is -2.17. The molecule has 0 aliphatic carbocycles. The summed E-state index contributed by atoms with van der Waals surface area (Å²) in [4.78, 5) is 23.4. The first kappa shape index (κ1) is 17.2. The van der Waals surface area contributed by atoms with E-state index in [0.717, 1.165) is 0 Å². The maximum absolute atomic E-state index is 12.0. The summed E-state index contributed by atoms with van der Waals surface area (Å²) in [6.45, 7) is 4.00. The van der Waals surface area contributed by atoms with E-state index < -0.39 is 0 Å². The van der Waals surface area contributed by atoms with Crippen molar-refractivity contribution in [3.05, 3.63) is 59.7 Å². The van der Waals surface area contributed by atoms with Gasteiger partial charge in [0, 0.05) is 29.5 Å². The molecule has 5 nitrogen and oxygen atoms in total. The van der Waals surface area contributed by atoms with E-state index >= 15 is 0 Å². The van der Waals surface area contributed by atoms with E-state index in [1.54, 1.807) is 55.6 Å². The standard InChI is InChI=1S/C15H15N3O2.C2H6/c1-17-14(19)10-4-8-13(9-5-10)18-15(20)11-2-6-12(16)7-3-11;1-2/h2-9H,16H2,1H3,(H,17,19)(H,18,20);1-2H3. The smallest absolute Gasteiger partial charge is 0.255 e. The molecule has 2 aromatic rings. The number of nitrogen functional groups attached to an aromatic ring is 1. The first-order valence-electron chi connectivity index (χ1n) is 7.09. The van der Waals surface area contributed by atoms with Crippen molar-refractivity contribution in [2.75, 3.05) is 18.1 Å². The van der Waals surface area contributed by atoms with Gasteiger partial charge >= 0.3 is 0 Å². The molecule has 0 unspecified atom stereocenters. The van der Waals surface area contributed by atoms with Crippen LogP contribution in [0.15, 0.2) is 48.5 Å². The number of amides is 2. The third kappa shape index (κ3) is 4.63. The van der Waals surface area contributed by atoms with Gasteiger partial charge in [0.1, 0.15) is 0 Å². The summed E-state index contributed by atoms with van der Waals surface area (Å²) in [6, 6.07) is 13.3. The van der Waals surface area contributed by atoms with E-state index in [-0.39, 0.29) is 11.8 Å². The summed E-state index contributed by atoms with van der Waals surface area (Å²) in [5.74, 6) is -0.390. The molecule has 5 heteroatoms. The van der Waals surface area contributed by atoms with Crippen molar-refractivity contribution in [3.8, 4) is 0 Å². The maximum atomic E-state index is 12.0. The molecular formula is C17H21N3O2. The molecule has 0 saturated heterocycles. The van der Waals surface area contributed by atoms with Crippen LogP contribution in [0, 0.1) is 0 Å². The molecule has 0 aromatic heterocycles. The van der Waals surface area contributed by atoms with E-state index in [0.29, 0.717) is 22.5 Å². The zero-order chi connectivity index (χ0) is 16.5. The third-order valence-corrected chi connectivity index (χ3v) is 2.80. The topological polar surface area (TPSA) is 84.2 Å². The highest BCUT2D eigenvalue weighted by molar-refractivity contribution is 6.04. The fraction of sp³-hybridized carbons (Fsp3) is 0.176. The van der Waals surface area contributed by atoms with Crippen LogP contribution in [0.3, 0.4) is 0 Å². The normalized spacial score (nSPS) is 9.23. The number of hydrogen-bond acceptors (Lipinski definition) is 3. The fourth-order valence-corrected chi connectivity index (χ4v) is 1.69. The molecule has 0 atom stereocenters. The Morgan fingerprint density at radius 2 is 1.27 bits per heavy atom. The molecule has 0 aliphatic rings. The molecule has 4 N–H and O–H groups in total. The van der Waals surface area contributed by atoms with Crippen LogP contribution in [0.25, 0.3) is 0 Å². The predicted octanol–water partition coefficient (Wildman–Crippen LogP) is 2.91. The highest BCUT2D eigenvalue weighted by Crippen LogP contribution is 2.12. The predicted molar refractivity (Wildman–Crippen MR) is 90.0 cm³/mol. The Morgan fingerprint density at radius 1 is 0.818 bits per heavy atom. The zero-order valence-corrected chi connectivity index (χ0v) is 13.0. The van der Waals surface area contributed by atoms with Gasteiger partial charge in [-0.1, -0.05) is 13.8 Å². The monoisotopic (exact) mass is 299 g/mol. The average Bonchev–Trinajstić information content (AvgIpc) is 2.57. The zero-order valence-electron chi connectivity index (χ0n) is 13.0. The largest absolute Gasteiger partial charge is 0.399 e. The molecule has 2 rings (SSSR count). The van der Waals surface area contributed by atoms with Crippen molar-refractivity contribution in [1.82, 2.24) is 5.32 Å². The van der Waals surface area contributed by atoms with Crippen LogP contribution >= 0.6 is 0 Å². The first-order chi connectivity index (χ1) is 10.6. The summed E-state index contributed by atoms with van der Waals surface area (Å²) in [5, 5.41) is 5.28. The summed E-state index contributed by atoms with van der Waals surface area (Å²) >= 11 is 0. The van der Waals surface area contributed by atoms with Gasteiger partial charge in [0.05, 0.1) is 0 Å². The second-order valence-corrected chi connectivity index (χ2v) is 4.23. The maximum Gasteiger partial charge on any atom is 0.255 e. The number of rotatable bonds is 3. The molecule has 0 radical (unpaired) electrons. The van der Waals surface area contributed by atoms with Gasteiger partial charge in [-0.15, -0.1) is 0 Å². The lowest BCUT2D eigenvalue weighted by atomic mass is 10.1. The van der Waals surface area contributed by atoms with Crippen molar-refractivity contribution in [2.24, 2.45) is 0 Å². The Labute approximate surface area is 130 Å². The van der Waals surface area contributed by atoms with Crippen LogP contribution in [-0.2, 0) is 0 Å². The van der Waals surface area contributed by atoms with E-state index in [2.05, 4.69) is 10.6 Å².